The number of carbonyl (C=O) groups excluding carboxylic acids is 1. The van der Waals surface area contributed by atoms with Gasteiger partial charge in [0.05, 0.1) is 26.2 Å². The molecule has 9 heteroatoms. The van der Waals surface area contributed by atoms with Gasteiger partial charge in [0.2, 0.25) is 15.9 Å². The first kappa shape index (κ1) is 23.9. The van der Waals surface area contributed by atoms with E-state index in [1.165, 1.54) is 4.31 Å². The lowest BCUT2D eigenvalue weighted by Gasteiger charge is -2.36. The first-order chi connectivity index (χ1) is 15.2. The molecule has 0 atom stereocenters. The SMILES string of the molecule is COc1ccc(CN2CCN(C(=O)CN(c3ccccc3C)S(C)(=O)=O)CC2)cc1OC. The van der Waals surface area contributed by atoms with E-state index in [1.807, 2.05) is 37.3 Å². The molecular formula is C23H31N3O5S. The van der Waals surface area contributed by atoms with E-state index in [2.05, 4.69) is 4.90 Å². The van der Waals surface area contributed by atoms with Crippen molar-refractivity contribution in [1.29, 1.82) is 0 Å². The third-order valence-electron chi connectivity index (χ3n) is 5.64. The molecule has 0 spiro atoms. The van der Waals surface area contributed by atoms with Gasteiger partial charge in [-0.15, -0.1) is 0 Å². The Morgan fingerprint density at radius 2 is 1.66 bits per heavy atom. The molecule has 1 aliphatic rings. The molecule has 0 N–H and O–H groups in total. The number of rotatable bonds is 8. The van der Waals surface area contributed by atoms with Crippen molar-refractivity contribution < 1.29 is 22.7 Å². The second-order valence-electron chi connectivity index (χ2n) is 7.90. The van der Waals surface area contributed by atoms with Crippen molar-refractivity contribution in [3.8, 4) is 11.5 Å². The van der Waals surface area contributed by atoms with Gasteiger partial charge in [-0.1, -0.05) is 24.3 Å². The first-order valence-corrected chi connectivity index (χ1v) is 12.3. The molecule has 0 aromatic heterocycles. The molecule has 1 amide bonds. The zero-order chi connectivity index (χ0) is 23.3. The summed E-state index contributed by atoms with van der Waals surface area (Å²) >= 11 is 0. The number of nitrogens with zero attached hydrogens (tertiary/aromatic N) is 3. The number of aryl methyl sites for hydroxylation is 1. The van der Waals surface area contributed by atoms with Crippen LogP contribution in [0.3, 0.4) is 0 Å². The van der Waals surface area contributed by atoms with Gasteiger partial charge in [-0.25, -0.2) is 8.42 Å². The van der Waals surface area contributed by atoms with Crippen molar-refractivity contribution in [2.75, 3.05) is 57.5 Å². The fourth-order valence-electron chi connectivity index (χ4n) is 3.84. The number of para-hydroxylation sites is 1. The Morgan fingerprint density at radius 1 is 1.00 bits per heavy atom. The highest BCUT2D eigenvalue weighted by molar-refractivity contribution is 7.92. The van der Waals surface area contributed by atoms with Gasteiger partial charge in [-0.2, -0.15) is 0 Å². The van der Waals surface area contributed by atoms with Crippen molar-refractivity contribution in [1.82, 2.24) is 9.80 Å². The maximum atomic E-state index is 12.9. The van der Waals surface area contributed by atoms with Gasteiger partial charge in [0.1, 0.15) is 6.54 Å². The smallest absolute Gasteiger partial charge is 0.243 e. The Labute approximate surface area is 190 Å². The Hall–Kier alpha value is -2.78. The van der Waals surface area contributed by atoms with Crippen molar-refractivity contribution in [2.24, 2.45) is 0 Å². The molecule has 0 aliphatic carbocycles. The largest absolute Gasteiger partial charge is 0.493 e. The number of carbonyl (C=O) groups is 1. The van der Waals surface area contributed by atoms with E-state index in [-0.39, 0.29) is 12.5 Å². The van der Waals surface area contributed by atoms with Crippen LogP contribution in [0.5, 0.6) is 11.5 Å². The minimum atomic E-state index is -3.58. The molecule has 0 radical (unpaired) electrons. The molecule has 1 fully saturated rings. The second-order valence-corrected chi connectivity index (χ2v) is 9.81. The lowest BCUT2D eigenvalue weighted by Crippen LogP contribution is -2.51. The number of sulfonamides is 1. The van der Waals surface area contributed by atoms with Crippen LogP contribution < -0.4 is 13.8 Å². The van der Waals surface area contributed by atoms with Crippen molar-refractivity contribution >= 4 is 21.6 Å². The number of hydrogen-bond donors (Lipinski definition) is 0. The number of methoxy groups -OCH3 is 2. The maximum Gasteiger partial charge on any atom is 0.243 e. The molecule has 0 bridgehead atoms. The van der Waals surface area contributed by atoms with E-state index in [4.69, 9.17) is 9.47 Å². The van der Waals surface area contributed by atoms with Crippen LogP contribution in [0.15, 0.2) is 42.5 Å². The number of benzene rings is 2. The summed E-state index contributed by atoms with van der Waals surface area (Å²) in [6, 6.07) is 13.0. The fourth-order valence-corrected chi connectivity index (χ4v) is 4.75. The summed E-state index contributed by atoms with van der Waals surface area (Å²) in [7, 11) is -0.362. The van der Waals surface area contributed by atoms with E-state index in [0.717, 1.165) is 23.9 Å². The van der Waals surface area contributed by atoms with Gasteiger partial charge >= 0.3 is 0 Å². The Balaban J connectivity index is 1.61. The predicted molar refractivity (Wildman–Crippen MR) is 125 cm³/mol. The molecule has 0 unspecified atom stereocenters. The lowest BCUT2D eigenvalue weighted by molar-refractivity contribution is -0.131. The van der Waals surface area contributed by atoms with Gasteiger partial charge in [0.25, 0.3) is 0 Å². The van der Waals surface area contributed by atoms with Crippen molar-refractivity contribution in [3.63, 3.8) is 0 Å². The van der Waals surface area contributed by atoms with Crippen LogP contribution in [0, 0.1) is 6.92 Å². The molecule has 174 valence electrons. The van der Waals surface area contributed by atoms with E-state index in [1.54, 1.807) is 31.3 Å². The zero-order valence-electron chi connectivity index (χ0n) is 19.1. The number of piperazine rings is 1. The van der Waals surface area contributed by atoms with Crippen LogP contribution in [0.25, 0.3) is 0 Å². The summed E-state index contributed by atoms with van der Waals surface area (Å²) in [6.45, 7) is 4.91. The van der Waals surface area contributed by atoms with E-state index in [9.17, 15) is 13.2 Å². The molecular weight excluding hydrogens is 430 g/mol. The van der Waals surface area contributed by atoms with Gasteiger partial charge in [0, 0.05) is 32.7 Å². The summed E-state index contributed by atoms with van der Waals surface area (Å²) in [5.41, 5.74) is 2.45. The molecule has 1 heterocycles. The van der Waals surface area contributed by atoms with Gasteiger partial charge in [0.15, 0.2) is 11.5 Å². The topological polar surface area (TPSA) is 79.4 Å². The fraction of sp³-hybridized carbons (Fsp3) is 0.435. The normalized spacial score (nSPS) is 14.8. The van der Waals surface area contributed by atoms with Crippen LogP contribution in [-0.2, 0) is 21.4 Å². The number of hydrogen-bond acceptors (Lipinski definition) is 6. The Kier molecular flexibility index (Phi) is 7.63. The summed E-state index contributed by atoms with van der Waals surface area (Å²) in [5, 5.41) is 0. The summed E-state index contributed by atoms with van der Waals surface area (Å²) in [4.78, 5) is 16.9. The standard InChI is InChI=1S/C23H31N3O5S/c1-18-7-5-6-8-20(18)26(32(4,28)29)17-23(27)25-13-11-24(12-14-25)16-19-9-10-21(30-2)22(15-19)31-3/h5-10,15H,11-14,16-17H2,1-4H3. The molecule has 1 aliphatic heterocycles. The predicted octanol–water partition coefficient (Wildman–Crippen LogP) is 2.12. The number of amides is 1. The van der Waals surface area contributed by atoms with Crippen LogP contribution in [0.2, 0.25) is 0 Å². The average molecular weight is 462 g/mol. The molecule has 32 heavy (non-hydrogen) atoms. The summed E-state index contributed by atoms with van der Waals surface area (Å²) in [5.74, 6) is 1.19. The quantitative estimate of drug-likeness (QED) is 0.599. The van der Waals surface area contributed by atoms with E-state index in [0.29, 0.717) is 43.4 Å². The van der Waals surface area contributed by atoms with Crippen LogP contribution in [0.1, 0.15) is 11.1 Å². The van der Waals surface area contributed by atoms with Gasteiger partial charge in [-0.05, 0) is 36.2 Å². The average Bonchev–Trinajstić information content (AvgIpc) is 2.77. The minimum absolute atomic E-state index is 0.190. The van der Waals surface area contributed by atoms with Gasteiger partial charge < -0.3 is 14.4 Å². The highest BCUT2D eigenvalue weighted by Gasteiger charge is 2.27. The van der Waals surface area contributed by atoms with Crippen LogP contribution in [0.4, 0.5) is 5.69 Å². The van der Waals surface area contributed by atoms with Crippen molar-refractivity contribution in [2.45, 2.75) is 13.5 Å². The zero-order valence-corrected chi connectivity index (χ0v) is 19.9. The molecule has 2 aromatic carbocycles. The number of anilines is 1. The van der Waals surface area contributed by atoms with Crippen LogP contribution in [-0.4, -0.2) is 77.3 Å². The van der Waals surface area contributed by atoms with E-state index < -0.39 is 10.0 Å². The molecule has 8 nitrogen and oxygen atoms in total. The van der Waals surface area contributed by atoms with E-state index >= 15 is 0 Å². The molecule has 0 saturated carbocycles. The van der Waals surface area contributed by atoms with Gasteiger partial charge in [-0.3, -0.25) is 14.0 Å². The molecule has 2 aromatic rings. The minimum Gasteiger partial charge on any atom is -0.493 e. The number of ether oxygens (including phenoxy) is 2. The summed E-state index contributed by atoms with van der Waals surface area (Å²) in [6.07, 6.45) is 1.13. The first-order valence-electron chi connectivity index (χ1n) is 10.5. The summed E-state index contributed by atoms with van der Waals surface area (Å²) < 4.78 is 36.6. The molecule has 1 saturated heterocycles. The molecule has 3 rings (SSSR count). The Morgan fingerprint density at radius 3 is 2.25 bits per heavy atom. The second kappa shape index (κ2) is 10.2. The maximum absolute atomic E-state index is 12.9. The van der Waals surface area contributed by atoms with Crippen LogP contribution >= 0.6 is 0 Å². The third-order valence-corrected chi connectivity index (χ3v) is 6.77. The highest BCUT2D eigenvalue weighted by Crippen LogP contribution is 2.28. The monoisotopic (exact) mass is 461 g/mol. The Bertz CT molecular complexity index is 1050. The highest BCUT2D eigenvalue weighted by atomic mass is 32.2. The van der Waals surface area contributed by atoms with Crippen molar-refractivity contribution in [3.05, 3.63) is 53.6 Å². The third kappa shape index (κ3) is 5.72. The lowest BCUT2D eigenvalue weighted by atomic mass is 10.1.